The first-order valence-corrected chi connectivity index (χ1v) is 7.91. The Labute approximate surface area is 126 Å². The van der Waals surface area contributed by atoms with Crippen molar-refractivity contribution in [2.24, 2.45) is 0 Å². The number of carbonyl (C=O) groups is 1. The van der Waals surface area contributed by atoms with Crippen molar-refractivity contribution in [1.82, 2.24) is 4.90 Å². The number of hydrogen-bond donors (Lipinski definition) is 0. The molecular formula is C14H18BrNO2S. The highest BCUT2D eigenvalue weighted by Gasteiger charge is 2.34. The molecule has 0 aliphatic carbocycles. The van der Waals surface area contributed by atoms with E-state index < -0.39 is 5.60 Å². The number of amides is 1. The van der Waals surface area contributed by atoms with Gasteiger partial charge in [-0.05, 0) is 39.0 Å². The predicted molar refractivity (Wildman–Crippen MR) is 81.6 cm³/mol. The van der Waals surface area contributed by atoms with Crippen molar-refractivity contribution < 1.29 is 9.53 Å². The number of carbonyl (C=O) groups excluding carboxylic acids is 1. The van der Waals surface area contributed by atoms with Gasteiger partial charge in [-0.2, -0.15) is 0 Å². The van der Waals surface area contributed by atoms with Gasteiger partial charge in [-0.3, -0.25) is 0 Å². The summed E-state index contributed by atoms with van der Waals surface area (Å²) in [4.78, 5) is 14.8. The molecule has 1 aliphatic heterocycles. The Morgan fingerprint density at radius 3 is 2.68 bits per heavy atom. The zero-order valence-corrected chi connectivity index (χ0v) is 13.8. The summed E-state index contributed by atoms with van der Waals surface area (Å²) in [7, 11) is 0. The molecule has 0 N–H and O–H groups in total. The van der Waals surface area contributed by atoms with E-state index in [-0.39, 0.29) is 6.09 Å². The van der Waals surface area contributed by atoms with Gasteiger partial charge in [-0.15, -0.1) is 11.8 Å². The number of halogens is 1. The lowest BCUT2D eigenvalue weighted by molar-refractivity contribution is 0.0144. The van der Waals surface area contributed by atoms with Crippen molar-refractivity contribution in [2.75, 3.05) is 13.1 Å². The number of likely N-dealkylation sites (tertiary alicyclic amines) is 1. The quantitative estimate of drug-likeness (QED) is 0.807. The SMILES string of the molecule is CC(C)(C)OC(=O)N1CC(Sc2cccc(Br)c2)C1. The normalized spacial score (nSPS) is 16.1. The second-order valence-electron chi connectivity index (χ2n) is 5.58. The van der Waals surface area contributed by atoms with Crippen LogP contribution >= 0.6 is 27.7 Å². The fraction of sp³-hybridized carbons (Fsp3) is 0.500. The third-order valence-electron chi connectivity index (χ3n) is 2.60. The van der Waals surface area contributed by atoms with Gasteiger partial charge in [0.15, 0.2) is 0 Å². The largest absolute Gasteiger partial charge is 0.444 e. The zero-order chi connectivity index (χ0) is 14.0. The van der Waals surface area contributed by atoms with E-state index in [2.05, 4.69) is 28.1 Å². The lowest BCUT2D eigenvalue weighted by Crippen LogP contribution is -2.53. The third kappa shape index (κ3) is 4.42. The fourth-order valence-electron chi connectivity index (χ4n) is 1.72. The van der Waals surface area contributed by atoms with Crippen LogP contribution in [0.25, 0.3) is 0 Å². The van der Waals surface area contributed by atoms with Crippen molar-refractivity contribution in [2.45, 2.75) is 36.5 Å². The van der Waals surface area contributed by atoms with E-state index >= 15 is 0 Å². The van der Waals surface area contributed by atoms with Gasteiger partial charge in [0.1, 0.15) is 5.60 Å². The molecule has 5 heteroatoms. The number of benzene rings is 1. The minimum atomic E-state index is -0.417. The highest BCUT2D eigenvalue weighted by atomic mass is 79.9. The number of nitrogens with zero attached hydrogens (tertiary/aromatic N) is 1. The monoisotopic (exact) mass is 343 g/mol. The highest BCUT2D eigenvalue weighted by molar-refractivity contribution is 9.10. The first-order chi connectivity index (χ1) is 8.83. The van der Waals surface area contributed by atoms with E-state index in [9.17, 15) is 4.79 Å². The van der Waals surface area contributed by atoms with E-state index in [1.54, 1.807) is 16.7 Å². The van der Waals surface area contributed by atoms with Gasteiger partial charge in [0.2, 0.25) is 0 Å². The van der Waals surface area contributed by atoms with Gasteiger partial charge in [0.25, 0.3) is 0 Å². The van der Waals surface area contributed by atoms with Crippen LogP contribution in [0.2, 0.25) is 0 Å². The molecule has 0 radical (unpaired) electrons. The van der Waals surface area contributed by atoms with E-state index in [0.29, 0.717) is 5.25 Å². The highest BCUT2D eigenvalue weighted by Crippen LogP contribution is 2.31. The van der Waals surface area contributed by atoms with Crippen molar-refractivity contribution >= 4 is 33.8 Å². The van der Waals surface area contributed by atoms with Gasteiger partial charge >= 0.3 is 6.09 Å². The molecule has 1 fully saturated rings. The van der Waals surface area contributed by atoms with E-state index in [0.717, 1.165) is 17.6 Å². The average Bonchev–Trinajstić information content (AvgIpc) is 2.20. The van der Waals surface area contributed by atoms with Gasteiger partial charge < -0.3 is 9.64 Å². The molecule has 3 nitrogen and oxygen atoms in total. The number of rotatable bonds is 2. The van der Waals surface area contributed by atoms with Crippen LogP contribution in [0.4, 0.5) is 4.79 Å². The van der Waals surface area contributed by atoms with Crippen LogP contribution in [-0.4, -0.2) is 34.9 Å². The van der Waals surface area contributed by atoms with Gasteiger partial charge in [-0.1, -0.05) is 22.0 Å². The Kier molecular flexibility index (Phi) is 4.46. The van der Waals surface area contributed by atoms with Crippen LogP contribution in [0.1, 0.15) is 20.8 Å². The summed E-state index contributed by atoms with van der Waals surface area (Å²) in [6.07, 6.45) is -0.210. The zero-order valence-electron chi connectivity index (χ0n) is 11.4. The topological polar surface area (TPSA) is 29.5 Å². The third-order valence-corrected chi connectivity index (χ3v) is 4.25. The minimum absolute atomic E-state index is 0.210. The van der Waals surface area contributed by atoms with Crippen molar-refractivity contribution in [3.8, 4) is 0 Å². The van der Waals surface area contributed by atoms with Gasteiger partial charge in [-0.25, -0.2) is 4.79 Å². The van der Waals surface area contributed by atoms with E-state index in [1.165, 1.54) is 4.90 Å². The number of thioether (sulfide) groups is 1. The molecular weight excluding hydrogens is 326 g/mol. The summed E-state index contributed by atoms with van der Waals surface area (Å²) >= 11 is 5.27. The molecule has 0 saturated carbocycles. The molecule has 0 unspecified atom stereocenters. The number of ether oxygens (including phenoxy) is 1. The van der Waals surface area contributed by atoms with Crippen LogP contribution in [0.15, 0.2) is 33.6 Å². The smallest absolute Gasteiger partial charge is 0.410 e. The maximum Gasteiger partial charge on any atom is 0.410 e. The Morgan fingerprint density at radius 1 is 1.42 bits per heavy atom. The molecule has 0 aromatic heterocycles. The fourth-order valence-corrected chi connectivity index (χ4v) is 3.52. The van der Waals surface area contributed by atoms with Gasteiger partial charge in [0.05, 0.1) is 0 Å². The van der Waals surface area contributed by atoms with Crippen molar-refractivity contribution in [3.63, 3.8) is 0 Å². The molecule has 2 rings (SSSR count). The Bertz CT molecular complexity index is 467. The molecule has 19 heavy (non-hydrogen) atoms. The first-order valence-electron chi connectivity index (χ1n) is 6.24. The summed E-state index contributed by atoms with van der Waals surface area (Å²) in [6.45, 7) is 7.17. The maximum atomic E-state index is 11.8. The molecule has 0 spiro atoms. The molecule has 0 bridgehead atoms. The summed E-state index contributed by atoms with van der Waals surface area (Å²) in [5.74, 6) is 0. The molecule has 0 atom stereocenters. The van der Waals surface area contributed by atoms with Crippen LogP contribution < -0.4 is 0 Å². The van der Waals surface area contributed by atoms with E-state index in [1.807, 2.05) is 32.9 Å². The lowest BCUT2D eigenvalue weighted by Gasteiger charge is -2.39. The molecule has 1 aliphatic rings. The standard InChI is InChI=1S/C14H18BrNO2S/c1-14(2,3)18-13(17)16-8-12(9-16)19-11-6-4-5-10(15)7-11/h4-7,12H,8-9H2,1-3H3. The molecule has 1 aromatic rings. The summed E-state index contributed by atoms with van der Waals surface area (Å²) in [5.41, 5.74) is -0.417. The molecule has 1 amide bonds. The van der Waals surface area contributed by atoms with Crippen LogP contribution in [0, 0.1) is 0 Å². The Hall–Kier alpha value is -0.680. The number of hydrogen-bond acceptors (Lipinski definition) is 3. The molecule has 1 aromatic carbocycles. The lowest BCUT2D eigenvalue weighted by atomic mass is 10.2. The maximum absolute atomic E-state index is 11.8. The van der Waals surface area contributed by atoms with Crippen molar-refractivity contribution in [3.05, 3.63) is 28.7 Å². The summed E-state index contributed by atoms with van der Waals surface area (Å²) in [5, 5.41) is 0.460. The summed E-state index contributed by atoms with van der Waals surface area (Å²) in [6, 6.07) is 8.22. The second-order valence-corrected chi connectivity index (χ2v) is 7.87. The molecule has 104 valence electrons. The minimum Gasteiger partial charge on any atom is -0.444 e. The second kappa shape index (κ2) is 5.75. The first kappa shape index (κ1) is 14.7. The van der Waals surface area contributed by atoms with Crippen LogP contribution in [0.3, 0.4) is 0 Å². The Balaban J connectivity index is 1.79. The van der Waals surface area contributed by atoms with E-state index in [4.69, 9.17) is 4.74 Å². The summed E-state index contributed by atoms with van der Waals surface area (Å²) < 4.78 is 6.41. The average molecular weight is 344 g/mol. The molecule has 1 saturated heterocycles. The van der Waals surface area contributed by atoms with Crippen molar-refractivity contribution in [1.29, 1.82) is 0 Å². The predicted octanol–water partition coefficient (Wildman–Crippen LogP) is 4.16. The van der Waals surface area contributed by atoms with Crippen LogP contribution in [-0.2, 0) is 4.74 Å². The Morgan fingerprint density at radius 2 is 2.11 bits per heavy atom. The van der Waals surface area contributed by atoms with Crippen LogP contribution in [0.5, 0.6) is 0 Å². The van der Waals surface area contributed by atoms with Gasteiger partial charge in [0, 0.05) is 27.7 Å². The molecule has 1 heterocycles.